The van der Waals surface area contributed by atoms with E-state index in [9.17, 15) is 20.7 Å². The lowest BCUT2D eigenvalue weighted by Gasteiger charge is -2.37. The minimum absolute atomic E-state index is 0.166. The Morgan fingerprint density at radius 3 is 1.15 bits per heavy atom. The third kappa shape index (κ3) is 9.45. The lowest BCUT2D eigenvalue weighted by molar-refractivity contribution is -0.241. The summed E-state index contributed by atoms with van der Waals surface area (Å²) < 4.78 is 61.4. The molecule has 0 spiro atoms. The molecule has 18 nitrogen and oxygen atoms in total. The van der Waals surface area contributed by atoms with Gasteiger partial charge in [-0.2, -0.15) is 0 Å². The summed E-state index contributed by atoms with van der Waals surface area (Å²) in [5.41, 5.74) is 22.0. The molecule has 4 saturated heterocycles. The van der Waals surface area contributed by atoms with Crippen LogP contribution in [0.15, 0.2) is 132 Å². The molecule has 4 aromatic carbocycles. The van der Waals surface area contributed by atoms with Crippen molar-refractivity contribution >= 4 is 11.9 Å². The number of nitrogens with zero attached hydrogens (tertiary/aromatic N) is 6. The average Bonchev–Trinajstić information content (AvgIpc) is 4.06. The third-order valence-corrected chi connectivity index (χ3v) is 10.9. The predicted octanol–water partition coefficient (Wildman–Crippen LogP) is 6.02. The van der Waals surface area contributed by atoms with Crippen molar-refractivity contribution in [2.75, 3.05) is 26.3 Å². The number of rotatable bonds is 21. The highest BCUT2D eigenvalue weighted by Crippen LogP contribution is 2.48. The van der Waals surface area contributed by atoms with Gasteiger partial charge < -0.3 is 47.4 Å². The molecule has 18 heteroatoms. The van der Waals surface area contributed by atoms with Gasteiger partial charge in [0.05, 0.1) is 39.5 Å². The summed E-state index contributed by atoms with van der Waals surface area (Å²) in [4.78, 5) is 33.1. The molecule has 0 amide bonds. The van der Waals surface area contributed by atoms with E-state index in [-0.39, 0.29) is 52.7 Å². The molecule has 10 atom stereocenters. The van der Waals surface area contributed by atoms with E-state index in [0.717, 1.165) is 22.3 Å². The van der Waals surface area contributed by atoms with Crippen LogP contribution in [0.4, 0.5) is 0 Å². The van der Waals surface area contributed by atoms with Crippen molar-refractivity contribution in [3.63, 3.8) is 0 Å². The van der Waals surface area contributed by atoms with Gasteiger partial charge in [0.1, 0.15) is 49.8 Å². The van der Waals surface area contributed by atoms with Gasteiger partial charge in [0.15, 0.2) is 12.2 Å². The molecule has 0 N–H and O–H groups in total. The van der Waals surface area contributed by atoms with Gasteiger partial charge >= 0.3 is 11.9 Å². The van der Waals surface area contributed by atoms with E-state index in [4.69, 9.17) is 47.4 Å². The van der Waals surface area contributed by atoms with E-state index in [1.54, 1.807) is 0 Å². The van der Waals surface area contributed by atoms with Gasteiger partial charge in [-0.1, -0.05) is 132 Å². The molecule has 0 radical (unpaired) electrons. The molecule has 4 aromatic rings. The Kier molecular flexibility index (Phi) is 13.7. The first-order valence-electron chi connectivity index (χ1n) is 20.1. The molecule has 4 aliphatic rings. The fourth-order valence-electron chi connectivity index (χ4n) is 8.06. The Hall–Kier alpha value is -5.88. The van der Waals surface area contributed by atoms with Crippen molar-refractivity contribution in [3.05, 3.63) is 164 Å². The van der Waals surface area contributed by atoms with E-state index >= 15 is 0 Å². The van der Waals surface area contributed by atoms with Gasteiger partial charge in [-0.05, 0) is 33.3 Å². The van der Waals surface area contributed by atoms with E-state index < -0.39 is 72.3 Å². The van der Waals surface area contributed by atoms with Crippen LogP contribution in [0.5, 0.6) is 0 Å². The summed E-state index contributed by atoms with van der Waals surface area (Å²) in [6, 6.07) is 37.8. The van der Waals surface area contributed by atoms with Crippen LogP contribution >= 0.6 is 0 Å². The highest BCUT2D eigenvalue weighted by atomic mass is 16.8. The Morgan fingerprint density at radius 1 is 0.500 bits per heavy atom. The Bertz CT molecular complexity index is 2060. The van der Waals surface area contributed by atoms with Crippen LogP contribution in [0, 0.1) is 0 Å². The molecule has 322 valence electrons. The second-order valence-electron chi connectivity index (χ2n) is 14.9. The zero-order valence-electron chi connectivity index (χ0n) is 33.4. The van der Waals surface area contributed by atoms with Gasteiger partial charge in [-0.25, -0.2) is 9.59 Å². The second-order valence-corrected chi connectivity index (χ2v) is 14.9. The number of carbonyl (C=O) groups excluding carboxylic acids is 2. The topological polar surface area (TPSA) is 224 Å². The van der Waals surface area contributed by atoms with Crippen molar-refractivity contribution in [2.24, 2.45) is 10.2 Å². The number of azide groups is 2. The summed E-state index contributed by atoms with van der Waals surface area (Å²) in [6.07, 6.45) is -8.03. The third-order valence-electron chi connectivity index (χ3n) is 10.9. The highest BCUT2D eigenvalue weighted by molar-refractivity contribution is 5.77. The van der Waals surface area contributed by atoms with E-state index in [1.165, 1.54) is 0 Å². The Labute approximate surface area is 356 Å². The molecule has 0 aliphatic carbocycles. The highest BCUT2D eigenvalue weighted by Gasteiger charge is 2.69. The molecule has 0 saturated carbocycles. The smallest absolute Gasteiger partial charge is 0.338 e. The average molecular weight is 849 g/mol. The molecule has 4 fully saturated rings. The predicted molar refractivity (Wildman–Crippen MR) is 215 cm³/mol. The number of hydrogen-bond acceptors (Lipinski definition) is 14. The maximum absolute atomic E-state index is 13.7. The monoisotopic (exact) mass is 848 g/mol. The first-order chi connectivity index (χ1) is 30.4. The minimum Gasteiger partial charge on any atom is -0.460 e. The molecular formula is C44H44N6O12. The van der Waals surface area contributed by atoms with Gasteiger partial charge in [-0.15, -0.1) is 0 Å². The van der Waals surface area contributed by atoms with Crippen molar-refractivity contribution in [3.8, 4) is 0 Å². The largest absolute Gasteiger partial charge is 0.460 e. The van der Waals surface area contributed by atoms with Crippen LogP contribution in [-0.4, -0.2) is 98.6 Å². The molecule has 8 rings (SSSR count). The van der Waals surface area contributed by atoms with Crippen LogP contribution in [0.1, 0.15) is 22.3 Å². The lowest BCUT2D eigenvalue weighted by Crippen LogP contribution is -2.57. The SMILES string of the molecule is [N-]=[N+]=NC[C@]12O[C@H]([C@H](OCc3ccccc3)[C@H]1OCc1ccccc1)[C@@H](C(=O)OCCOC(=O)[C@H]1O[C@@]3(CN=[N+]=[N-])O[C@@H]1[C@H](OCc1ccccc1)[C@H]3OCc1ccccc1)O2. The number of benzene rings is 4. The standard InChI is InChI=1S/C44H44N6O12/c45-49-47-27-43-39(57-25-31-17-9-3-10-18-31)35(55-23-29-13-5-1-6-14-29)33(59-43)37(61-43)41(51)53-21-22-54-42(52)38-34-36(56-24-30-15-7-2-8-16-30)40(44(60-34,62-38)28-48-50-46)58-26-32-19-11-4-12-20-32/h1-20,33-40H,21-28H2/t33-,34-,35+,36+,37+,38+,39-,40-,43-,44-/m1/s1. The Morgan fingerprint density at radius 2 is 0.823 bits per heavy atom. The van der Waals surface area contributed by atoms with Crippen LogP contribution < -0.4 is 0 Å². The zero-order valence-corrected chi connectivity index (χ0v) is 33.4. The van der Waals surface area contributed by atoms with Gasteiger partial charge in [-0.3, -0.25) is 0 Å². The van der Waals surface area contributed by atoms with Crippen LogP contribution in [-0.2, 0) is 83.4 Å². The number of esters is 2. The summed E-state index contributed by atoms with van der Waals surface area (Å²) in [6.45, 7) is -0.674. The van der Waals surface area contributed by atoms with E-state index in [2.05, 4.69) is 20.1 Å². The molecule has 62 heavy (non-hydrogen) atoms. The van der Waals surface area contributed by atoms with Crippen LogP contribution in [0.2, 0.25) is 0 Å². The van der Waals surface area contributed by atoms with E-state index in [1.807, 2.05) is 121 Å². The lowest BCUT2D eigenvalue weighted by atomic mass is 9.96. The first-order valence-corrected chi connectivity index (χ1v) is 20.1. The van der Waals surface area contributed by atoms with Crippen molar-refractivity contribution in [2.45, 2.75) is 86.8 Å². The summed E-state index contributed by atoms with van der Waals surface area (Å²) in [7, 11) is 0. The Balaban J connectivity index is 0.918. The van der Waals surface area contributed by atoms with Crippen LogP contribution in [0.3, 0.4) is 0 Å². The van der Waals surface area contributed by atoms with Crippen molar-refractivity contribution in [1.82, 2.24) is 0 Å². The van der Waals surface area contributed by atoms with E-state index in [0.29, 0.717) is 0 Å². The summed E-state index contributed by atoms with van der Waals surface area (Å²) >= 11 is 0. The second kappa shape index (κ2) is 19.9. The quantitative estimate of drug-likeness (QED) is 0.0309. The maximum atomic E-state index is 13.7. The van der Waals surface area contributed by atoms with Gasteiger partial charge in [0.2, 0.25) is 11.6 Å². The molecule has 4 bridgehead atoms. The van der Waals surface area contributed by atoms with Gasteiger partial charge in [0.25, 0.3) is 0 Å². The zero-order chi connectivity index (χ0) is 42.8. The summed E-state index contributed by atoms with van der Waals surface area (Å²) in [5, 5.41) is 7.46. The number of hydrogen-bond donors (Lipinski definition) is 0. The summed E-state index contributed by atoms with van der Waals surface area (Å²) in [5.74, 6) is -4.95. The fraction of sp³-hybridized carbons (Fsp3) is 0.409. The number of carbonyl (C=O) groups is 2. The molecule has 0 unspecified atom stereocenters. The van der Waals surface area contributed by atoms with Gasteiger partial charge in [0, 0.05) is 9.82 Å². The minimum atomic E-state index is -1.66. The van der Waals surface area contributed by atoms with Crippen molar-refractivity contribution < 1.29 is 57.0 Å². The molecule has 4 heterocycles. The molecular weight excluding hydrogens is 805 g/mol. The van der Waals surface area contributed by atoms with Crippen LogP contribution in [0.25, 0.3) is 20.9 Å². The fourth-order valence-corrected chi connectivity index (χ4v) is 8.06. The molecule has 4 aliphatic heterocycles. The van der Waals surface area contributed by atoms with Crippen molar-refractivity contribution in [1.29, 1.82) is 0 Å². The molecule has 0 aromatic heterocycles. The maximum Gasteiger partial charge on any atom is 0.338 e. The number of ether oxygens (including phenoxy) is 10. The first kappa shape index (κ1) is 42.8. The normalized spacial score (nSPS) is 29.1. The number of fused-ring (bicyclic) bond motifs is 4.